The topological polar surface area (TPSA) is 61.8 Å². The summed E-state index contributed by atoms with van der Waals surface area (Å²) in [5.74, 6) is 0.819. The van der Waals surface area contributed by atoms with Crippen LogP contribution >= 0.6 is 0 Å². The van der Waals surface area contributed by atoms with Crippen molar-refractivity contribution in [1.29, 1.82) is 5.26 Å². The van der Waals surface area contributed by atoms with Gasteiger partial charge in [-0.15, -0.1) is 0 Å². The fourth-order valence-corrected chi connectivity index (χ4v) is 2.04. The molecule has 3 N–H and O–H groups in total. The van der Waals surface area contributed by atoms with Crippen LogP contribution in [0, 0.1) is 17.2 Å². The summed E-state index contributed by atoms with van der Waals surface area (Å²) in [4.78, 5) is 0. The smallest absolute Gasteiger partial charge is 0.101 e. The molecule has 0 amide bonds. The summed E-state index contributed by atoms with van der Waals surface area (Å²) in [5, 5.41) is 12.1. The Morgan fingerprint density at radius 2 is 1.95 bits per heavy atom. The standard InChI is InChI=1S/C16H25N3/c1-13(2)7-5-3-4-6-10-19-15-9-8-14(12-17)16(18)11-15/h8-9,11,13,19H,3-7,10,18H2,1-2H3. The maximum Gasteiger partial charge on any atom is 0.101 e. The average molecular weight is 259 g/mol. The van der Waals surface area contributed by atoms with Gasteiger partial charge in [0.2, 0.25) is 0 Å². The van der Waals surface area contributed by atoms with E-state index >= 15 is 0 Å². The number of nitrogens with zero attached hydrogens (tertiary/aromatic N) is 1. The minimum atomic E-state index is 0.541. The normalized spacial score (nSPS) is 10.4. The van der Waals surface area contributed by atoms with Gasteiger partial charge < -0.3 is 11.1 Å². The lowest BCUT2D eigenvalue weighted by atomic mass is 10.0. The summed E-state index contributed by atoms with van der Waals surface area (Å²) in [7, 11) is 0. The molecule has 104 valence electrons. The summed E-state index contributed by atoms with van der Waals surface area (Å²) in [6, 6.07) is 7.57. The average Bonchev–Trinajstić information content (AvgIpc) is 2.37. The van der Waals surface area contributed by atoms with Crippen molar-refractivity contribution >= 4 is 11.4 Å². The van der Waals surface area contributed by atoms with Crippen molar-refractivity contribution in [2.45, 2.75) is 46.0 Å². The van der Waals surface area contributed by atoms with Gasteiger partial charge in [-0.3, -0.25) is 0 Å². The van der Waals surface area contributed by atoms with E-state index in [9.17, 15) is 0 Å². The van der Waals surface area contributed by atoms with Gasteiger partial charge >= 0.3 is 0 Å². The van der Waals surface area contributed by atoms with Crippen molar-refractivity contribution in [2.24, 2.45) is 5.92 Å². The Hall–Kier alpha value is -1.69. The van der Waals surface area contributed by atoms with Crippen LogP contribution in [0.2, 0.25) is 0 Å². The van der Waals surface area contributed by atoms with Crippen molar-refractivity contribution in [3.05, 3.63) is 23.8 Å². The third kappa shape index (κ3) is 6.15. The molecule has 1 aromatic carbocycles. The van der Waals surface area contributed by atoms with Crippen LogP contribution in [0.4, 0.5) is 11.4 Å². The number of benzene rings is 1. The maximum atomic E-state index is 8.79. The van der Waals surface area contributed by atoms with Crippen LogP contribution in [0.3, 0.4) is 0 Å². The first-order valence-corrected chi connectivity index (χ1v) is 7.17. The van der Waals surface area contributed by atoms with Gasteiger partial charge in [-0.05, 0) is 30.5 Å². The van der Waals surface area contributed by atoms with Crippen molar-refractivity contribution in [1.82, 2.24) is 0 Å². The van der Waals surface area contributed by atoms with E-state index in [-0.39, 0.29) is 0 Å². The molecule has 0 atom stereocenters. The number of rotatable bonds is 8. The molecule has 0 heterocycles. The maximum absolute atomic E-state index is 8.79. The summed E-state index contributed by atoms with van der Waals surface area (Å²) < 4.78 is 0. The van der Waals surface area contributed by atoms with Gasteiger partial charge in [0, 0.05) is 12.2 Å². The largest absolute Gasteiger partial charge is 0.398 e. The van der Waals surface area contributed by atoms with E-state index in [2.05, 4.69) is 25.2 Å². The van der Waals surface area contributed by atoms with Gasteiger partial charge in [-0.2, -0.15) is 5.26 Å². The first-order chi connectivity index (χ1) is 9.13. The zero-order chi connectivity index (χ0) is 14.1. The van der Waals surface area contributed by atoms with E-state index in [0.717, 1.165) is 18.2 Å². The highest BCUT2D eigenvalue weighted by Crippen LogP contribution is 2.17. The Labute approximate surface area is 116 Å². The van der Waals surface area contributed by atoms with E-state index < -0.39 is 0 Å². The highest BCUT2D eigenvalue weighted by molar-refractivity contribution is 5.62. The van der Waals surface area contributed by atoms with Crippen LogP contribution in [0.15, 0.2) is 18.2 Å². The Kier molecular flexibility index (Phi) is 6.81. The van der Waals surface area contributed by atoms with Crippen LogP contribution in [-0.4, -0.2) is 6.54 Å². The first-order valence-electron chi connectivity index (χ1n) is 7.17. The molecule has 0 spiro atoms. The van der Waals surface area contributed by atoms with Crippen molar-refractivity contribution < 1.29 is 0 Å². The number of unbranched alkanes of at least 4 members (excludes halogenated alkanes) is 3. The quantitative estimate of drug-likeness (QED) is 0.544. The molecule has 0 bridgehead atoms. The second-order valence-electron chi connectivity index (χ2n) is 5.44. The number of nitrogens with one attached hydrogen (secondary N) is 1. The zero-order valence-corrected chi connectivity index (χ0v) is 12.1. The summed E-state index contributed by atoms with van der Waals surface area (Å²) in [6.07, 6.45) is 6.43. The SMILES string of the molecule is CC(C)CCCCCCNc1ccc(C#N)c(N)c1. The van der Waals surface area contributed by atoms with Gasteiger partial charge in [-0.1, -0.05) is 39.5 Å². The predicted octanol–water partition coefficient (Wildman–Crippen LogP) is 4.16. The summed E-state index contributed by atoms with van der Waals surface area (Å²) in [5.41, 5.74) is 7.85. The van der Waals surface area contributed by atoms with E-state index in [1.165, 1.54) is 32.1 Å². The molecular weight excluding hydrogens is 234 g/mol. The number of nitrogen functional groups attached to an aromatic ring is 1. The Morgan fingerprint density at radius 1 is 1.21 bits per heavy atom. The molecule has 0 saturated heterocycles. The Balaban J connectivity index is 2.16. The van der Waals surface area contributed by atoms with Gasteiger partial charge in [0.1, 0.15) is 6.07 Å². The summed E-state index contributed by atoms with van der Waals surface area (Å²) >= 11 is 0. The second-order valence-corrected chi connectivity index (χ2v) is 5.44. The molecule has 0 unspecified atom stereocenters. The van der Waals surface area contributed by atoms with E-state index in [1.807, 2.05) is 12.1 Å². The minimum absolute atomic E-state index is 0.541. The molecule has 0 saturated carbocycles. The third-order valence-electron chi connectivity index (χ3n) is 3.21. The van der Waals surface area contributed by atoms with Crippen LogP contribution in [0.5, 0.6) is 0 Å². The van der Waals surface area contributed by atoms with Crippen LogP contribution in [0.25, 0.3) is 0 Å². The van der Waals surface area contributed by atoms with Gasteiger partial charge in [-0.25, -0.2) is 0 Å². The van der Waals surface area contributed by atoms with E-state index in [4.69, 9.17) is 11.0 Å². The highest BCUT2D eigenvalue weighted by atomic mass is 14.9. The number of hydrogen-bond donors (Lipinski definition) is 2. The fraction of sp³-hybridized carbons (Fsp3) is 0.562. The molecule has 19 heavy (non-hydrogen) atoms. The highest BCUT2D eigenvalue weighted by Gasteiger charge is 1.99. The third-order valence-corrected chi connectivity index (χ3v) is 3.21. The predicted molar refractivity (Wildman–Crippen MR) is 82.0 cm³/mol. The molecular formula is C16H25N3. The zero-order valence-electron chi connectivity index (χ0n) is 12.1. The Morgan fingerprint density at radius 3 is 2.58 bits per heavy atom. The van der Waals surface area contributed by atoms with Crippen molar-refractivity contribution in [3.8, 4) is 6.07 Å². The lowest BCUT2D eigenvalue weighted by Crippen LogP contribution is -2.02. The van der Waals surface area contributed by atoms with Gasteiger partial charge in [0.25, 0.3) is 0 Å². The van der Waals surface area contributed by atoms with E-state index in [0.29, 0.717) is 11.3 Å². The summed E-state index contributed by atoms with van der Waals surface area (Å²) in [6.45, 7) is 5.51. The Bertz CT molecular complexity index is 418. The lowest BCUT2D eigenvalue weighted by Gasteiger charge is -2.08. The van der Waals surface area contributed by atoms with Gasteiger partial charge in [0.15, 0.2) is 0 Å². The molecule has 3 heteroatoms. The molecule has 1 aromatic rings. The number of hydrogen-bond acceptors (Lipinski definition) is 3. The monoisotopic (exact) mass is 259 g/mol. The molecule has 0 aliphatic rings. The molecule has 1 rings (SSSR count). The molecule has 0 radical (unpaired) electrons. The number of nitriles is 1. The number of nitrogens with two attached hydrogens (primary N) is 1. The molecule has 0 fully saturated rings. The number of anilines is 2. The molecule has 0 aromatic heterocycles. The van der Waals surface area contributed by atoms with E-state index in [1.54, 1.807) is 6.07 Å². The fourth-order valence-electron chi connectivity index (χ4n) is 2.04. The first kappa shape index (κ1) is 15.4. The second kappa shape index (κ2) is 8.42. The molecule has 0 aliphatic carbocycles. The van der Waals surface area contributed by atoms with Crippen molar-refractivity contribution in [2.75, 3.05) is 17.6 Å². The van der Waals surface area contributed by atoms with Crippen LogP contribution in [0.1, 0.15) is 51.5 Å². The van der Waals surface area contributed by atoms with Crippen LogP contribution < -0.4 is 11.1 Å². The molecule has 3 nitrogen and oxygen atoms in total. The lowest BCUT2D eigenvalue weighted by molar-refractivity contribution is 0.523. The van der Waals surface area contributed by atoms with Crippen molar-refractivity contribution in [3.63, 3.8) is 0 Å². The van der Waals surface area contributed by atoms with Gasteiger partial charge in [0.05, 0.1) is 11.3 Å². The molecule has 0 aliphatic heterocycles. The minimum Gasteiger partial charge on any atom is -0.398 e. The van der Waals surface area contributed by atoms with Crippen LogP contribution in [-0.2, 0) is 0 Å².